The molecule has 2 amide bonds. The Kier molecular flexibility index (Phi) is 7.98. The monoisotopic (exact) mass is 505 g/mol. The molecule has 1 aromatic heterocycles. The van der Waals surface area contributed by atoms with Gasteiger partial charge in [-0.3, -0.25) is 9.59 Å². The Morgan fingerprint density at radius 2 is 1.51 bits per heavy atom. The second-order valence-electron chi connectivity index (χ2n) is 7.60. The molecule has 0 fully saturated rings. The maximum atomic E-state index is 13.0. The Morgan fingerprint density at radius 1 is 0.857 bits per heavy atom. The number of carbonyl (C=O) groups is 2. The largest absolute Gasteiger partial charge is 0.455 e. The summed E-state index contributed by atoms with van der Waals surface area (Å²) in [5, 5.41) is 7.47. The fraction of sp³-hybridized carbons (Fsp3) is 0.0741. The van der Waals surface area contributed by atoms with Crippen LogP contribution in [-0.4, -0.2) is 24.6 Å². The summed E-state index contributed by atoms with van der Waals surface area (Å²) in [5.74, 6) is -0.263. The smallest absolute Gasteiger partial charge is 0.259 e. The van der Waals surface area contributed by atoms with E-state index in [2.05, 4.69) is 15.8 Å². The number of nitrogens with zero attached hydrogens (tertiary/aromatic N) is 1. The SMILES string of the molecule is O=C(CNC(=O)C(c1ccccc1)c1ccccc1)NN=Cc1ccc(-c2ccc(Cl)c(Cl)c2)o1. The van der Waals surface area contributed by atoms with Crippen molar-refractivity contribution in [3.8, 4) is 11.3 Å². The van der Waals surface area contributed by atoms with E-state index in [1.807, 2.05) is 60.7 Å². The molecule has 0 aliphatic heterocycles. The van der Waals surface area contributed by atoms with Gasteiger partial charge in [0, 0.05) is 5.56 Å². The summed E-state index contributed by atoms with van der Waals surface area (Å²) < 4.78 is 5.70. The molecule has 4 aromatic rings. The van der Waals surface area contributed by atoms with Gasteiger partial charge in [-0.05, 0) is 41.5 Å². The van der Waals surface area contributed by atoms with Crippen molar-refractivity contribution in [3.63, 3.8) is 0 Å². The molecule has 2 N–H and O–H groups in total. The summed E-state index contributed by atoms with van der Waals surface area (Å²) in [5.41, 5.74) is 4.83. The second kappa shape index (κ2) is 11.5. The Labute approximate surface area is 212 Å². The lowest BCUT2D eigenvalue weighted by atomic mass is 9.90. The van der Waals surface area contributed by atoms with Crippen LogP contribution >= 0.6 is 23.2 Å². The van der Waals surface area contributed by atoms with E-state index in [0.717, 1.165) is 16.7 Å². The Balaban J connectivity index is 1.33. The molecule has 8 heteroatoms. The van der Waals surface area contributed by atoms with E-state index < -0.39 is 11.8 Å². The molecule has 0 bridgehead atoms. The topological polar surface area (TPSA) is 83.7 Å². The van der Waals surface area contributed by atoms with Crippen molar-refractivity contribution in [3.05, 3.63) is 118 Å². The van der Waals surface area contributed by atoms with Crippen molar-refractivity contribution >= 4 is 41.2 Å². The molecular formula is C27H21Cl2N3O3. The Bertz CT molecular complexity index is 1300. The van der Waals surface area contributed by atoms with Crippen LogP contribution in [0.1, 0.15) is 22.8 Å². The molecular weight excluding hydrogens is 485 g/mol. The molecule has 4 rings (SSSR count). The third-order valence-corrected chi connectivity index (χ3v) is 5.90. The van der Waals surface area contributed by atoms with E-state index in [1.54, 1.807) is 30.3 Å². The van der Waals surface area contributed by atoms with Gasteiger partial charge >= 0.3 is 0 Å². The van der Waals surface area contributed by atoms with Gasteiger partial charge in [0.15, 0.2) is 0 Å². The van der Waals surface area contributed by atoms with Gasteiger partial charge in [-0.2, -0.15) is 5.10 Å². The number of halogens is 2. The van der Waals surface area contributed by atoms with E-state index >= 15 is 0 Å². The first-order chi connectivity index (χ1) is 17.0. The number of hydrogen-bond donors (Lipinski definition) is 2. The van der Waals surface area contributed by atoms with Crippen LogP contribution in [0.5, 0.6) is 0 Å². The highest BCUT2D eigenvalue weighted by Gasteiger charge is 2.22. The molecule has 0 radical (unpaired) electrons. The number of furan rings is 1. The summed E-state index contributed by atoms with van der Waals surface area (Å²) in [6, 6.07) is 27.5. The van der Waals surface area contributed by atoms with E-state index in [0.29, 0.717) is 21.6 Å². The third kappa shape index (κ3) is 6.38. The van der Waals surface area contributed by atoms with Gasteiger partial charge in [0.2, 0.25) is 5.91 Å². The van der Waals surface area contributed by atoms with Gasteiger partial charge in [0.25, 0.3) is 5.91 Å². The molecule has 0 aliphatic rings. The lowest BCUT2D eigenvalue weighted by Gasteiger charge is -2.17. The molecule has 0 saturated carbocycles. The van der Waals surface area contributed by atoms with Gasteiger partial charge in [-0.15, -0.1) is 0 Å². The standard InChI is InChI=1S/C27H21Cl2N3O3/c28-22-13-11-20(15-23(22)29)24-14-12-21(35-24)16-31-32-25(33)17-30-27(34)26(18-7-3-1-4-8-18)19-9-5-2-6-10-19/h1-16,26H,17H2,(H,30,34)(H,32,33). The van der Waals surface area contributed by atoms with E-state index in [1.165, 1.54) is 6.21 Å². The number of hydrogen-bond acceptors (Lipinski definition) is 4. The summed E-state index contributed by atoms with van der Waals surface area (Å²) in [6.07, 6.45) is 1.37. The molecule has 0 spiro atoms. The van der Waals surface area contributed by atoms with Crippen LogP contribution in [-0.2, 0) is 9.59 Å². The van der Waals surface area contributed by atoms with E-state index in [-0.39, 0.29) is 12.5 Å². The molecule has 176 valence electrons. The predicted molar refractivity (Wildman–Crippen MR) is 138 cm³/mol. The average molecular weight is 506 g/mol. The number of carbonyl (C=O) groups excluding carboxylic acids is 2. The van der Waals surface area contributed by atoms with Crippen LogP contribution in [0.4, 0.5) is 0 Å². The number of rotatable bonds is 8. The minimum absolute atomic E-state index is 0.223. The van der Waals surface area contributed by atoms with E-state index in [4.69, 9.17) is 27.6 Å². The van der Waals surface area contributed by atoms with Crippen molar-refractivity contribution in [2.24, 2.45) is 5.10 Å². The van der Waals surface area contributed by atoms with Crippen LogP contribution in [0.3, 0.4) is 0 Å². The highest BCUT2D eigenvalue weighted by atomic mass is 35.5. The van der Waals surface area contributed by atoms with Crippen LogP contribution in [0.15, 0.2) is 101 Å². The minimum atomic E-state index is -0.531. The molecule has 1 heterocycles. The molecule has 0 saturated heterocycles. The van der Waals surface area contributed by atoms with Gasteiger partial charge in [0.1, 0.15) is 11.5 Å². The number of benzene rings is 3. The van der Waals surface area contributed by atoms with Crippen molar-refractivity contribution < 1.29 is 14.0 Å². The van der Waals surface area contributed by atoms with Gasteiger partial charge in [0.05, 0.1) is 28.7 Å². The third-order valence-electron chi connectivity index (χ3n) is 5.16. The zero-order valence-corrected chi connectivity index (χ0v) is 20.0. The minimum Gasteiger partial charge on any atom is -0.455 e. The van der Waals surface area contributed by atoms with Crippen LogP contribution < -0.4 is 10.7 Å². The lowest BCUT2D eigenvalue weighted by molar-refractivity contribution is -0.126. The zero-order valence-electron chi connectivity index (χ0n) is 18.4. The highest BCUT2D eigenvalue weighted by molar-refractivity contribution is 6.42. The van der Waals surface area contributed by atoms with Gasteiger partial charge in [-0.25, -0.2) is 5.43 Å². The van der Waals surface area contributed by atoms with Gasteiger partial charge in [-0.1, -0.05) is 83.9 Å². The van der Waals surface area contributed by atoms with Crippen LogP contribution in [0, 0.1) is 0 Å². The first-order valence-corrected chi connectivity index (χ1v) is 11.5. The molecule has 6 nitrogen and oxygen atoms in total. The highest BCUT2D eigenvalue weighted by Crippen LogP contribution is 2.29. The van der Waals surface area contributed by atoms with Crippen molar-refractivity contribution in [1.82, 2.24) is 10.7 Å². The molecule has 0 atom stereocenters. The maximum absolute atomic E-state index is 13.0. The second-order valence-corrected chi connectivity index (χ2v) is 8.41. The summed E-state index contributed by atoms with van der Waals surface area (Å²) in [6.45, 7) is -0.223. The number of nitrogens with one attached hydrogen (secondary N) is 2. The first-order valence-electron chi connectivity index (χ1n) is 10.8. The summed E-state index contributed by atoms with van der Waals surface area (Å²) in [7, 11) is 0. The number of amides is 2. The molecule has 35 heavy (non-hydrogen) atoms. The summed E-state index contributed by atoms with van der Waals surface area (Å²) in [4.78, 5) is 25.2. The normalized spacial score (nSPS) is 11.1. The fourth-order valence-electron chi connectivity index (χ4n) is 3.49. The molecule has 3 aromatic carbocycles. The van der Waals surface area contributed by atoms with Crippen molar-refractivity contribution in [2.75, 3.05) is 6.54 Å². The van der Waals surface area contributed by atoms with Crippen molar-refractivity contribution in [1.29, 1.82) is 0 Å². The average Bonchev–Trinajstić information content (AvgIpc) is 3.35. The maximum Gasteiger partial charge on any atom is 0.259 e. The number of hydrazone groups is 1. The van der Waals surface area contributed by atoms with Gasteiger partial charge < -0.3 is 9.73 Å². The molecule has 0 aliphatic carbocycles. The fourth-order valence-corrected chi connectivity index (χ4v) is 3.79. The predicted octanol–water partition coefficient (Wildman–Crippen LogP) is 5.65. The first kappa shape index (κ1) is 24.3. The summed E-state index contributed by atoms with van der Waals surface area (Å²) >= 11 is 12.0. The van der Waals surface area contributed by atoms with Crippen LogP contribution in [0.25, 0.3) is 11.3 Å². The zero-order chi connectivity index (χ0) is 24.6. The quantitative estimate of drug-likeness (QED) is 0.239. The Hall–Kier alpha value is -3.87. The van der Waals surface area contributed by atoms with Crippen LogP contribution in [0.2, 0.25) is 10.0 Å². The molecule has 0 unspecified atom stereocenters. The lowest BCUT2D eigenvalue weighted by Crippen LogP contribution is -2.37. The van der Waals surface area contributed by atoms with Crippen molar-refractivity contribution in [2.45, 2.75) is 5.92 Å². The van der Waals surface area contributed by atoms with E-state index in [9.17, 15) is 9.59 Å². The Morgan fingerprint density at radius 3 is 2.14 bits per heavy atom.